The first kappa shape index (κ1) is 168. The molecular weight excluding hydrogens is 1890 g/mol. The molecule has 0 heterocycles. The molecule has 868 valence electrons. The lowest BCUT2D eigenvalue weighted by atomic mass is 10.1. The van der Waals surface area contributed by atoms with Gasteiger partial charge >= 0.3 is 35.8 Å². The number of allylic oxidation sites excluding steroid dienone is 2. The maximum Gasteiger partial charge on any atom is 0.347 e. The summed E-state index contributed by atoms with van der Waals surface area (Å²) in [5, 5.41) is 11.2. The number of rotatable bonds is 42. The largest absolute Gasteiger partial charge is 0.489 e. The van der Waals surface area contributed by atoms with Crippen LogP contribution in [-0.4, -0.2) is 335 Å². The van der Waals surface area contributed by atoms with E-state index in [0.29, 0.717) is 44.6 Å². The van der Waals surface area contributed by atoms with Gasteiger partial charge in [0.2, 0.25) is 11.8 Å². The van der Waals surface area contributed by atoms with Gasteiger partial charge in [0.25, 0.3) is 11.8 Å². The summed E-state index contributed by atoms with van der Waals surface area (Å²) in [6.07, 6.45) is 6.19. The zero-order valence-corrected chi connectivity index (χ0v) is 98.0. The zero-order chi connectivity index (χ0) is 114. The van der Waals surface area contributed by atoms with Crippen molar-refractivity contribution in [3.63, 3.8) is 0 Å². The Labute approximate surface area is 887 Å². The standard InChI is InChI=1S/C14H25NO4.C13H23NO5.C12H21NO5.2C11H23NO2.C10H19NO2.C9H17NO2.C9H19NO2.C8H17NO2.C7H15NO2.4CH4/c1-9(2)12(16)19-11(4)13(17)18-10(3)8-15-14(5,6)7;1-9(7-14-13(3,4)5)18-12(16)10(2)19-11(15)8-17-6;1-9(16-5)11(15)18-8-10(14)17-7-6-13-12(2,3)4;2*1-9(7-12-11(3,4)5)14-8-10(2)13-6;1-7(2)13-8(3)9(12)11-10(4,5)6;1-7(2)12-6-8(11)10-9(3,4)5;1-9(2,3)10-5-6-12-8-7-11-4;1-6(11-5)7(10)9-8(2,3)4;1-7(2,3)8-6(9)5-10-4;;;;/h8-11H,1-7H3;7,9-10H,8H2,1-6H3;6,9H,7-8H2,1-5H3;2*7,9-10H,8H2,1-6H3;8H,1H2,2-6H3,(H,11,12);1,6H2,2-5H3,(H,10,11);5H,6-8H2,1-4H3;6H,1-5H3,(H,9,10);5H2,1-4H3,(H,8,9);4*1H4. The van der Waals surface area contributed by atoms with Crippen LogP contribution in [0.4, 0.5) is 0 Å². The van der Waals surface area contributed by atoms with Crippen molar-refractivity contribution in [1.82, 2.24) is 21.3 Å². The molecular formula is C108H218N10O28. The molecule has 0 bridgehead atoms. The molecule has 0 radical (unpaired) electrons. The summed E-state index contributed by atoms with van der Waals surface area (Å²) in [6, 6.07) is 0. The van der Waals surface area contributed by atoms with E-state index >= 15 is 0 Å². The van der Waals surface area contributed by atoms with E-state index in [0.717, 1.165) is 0 Å². The van der Waals surface area contributed by atoms with Crippen molar-refractivity contribution in [2.75, 3.05) is 116 Å². The number of methoxy groups -OCH3 is 7. The van der Waals surface area contributed by atoms with Crippen molar-refractivity contribution in [2.45, 2.75) is 464 Å². The normalized spacial score (nSPS) is 13.9. The summed E-state index contributed by atoms with van der Waals surface area (Å²) >= 11 is 0. The van der Waals surface area contributed by atoms with E-state index in [2.05, 4.69) is 141 Å². The third-order valence-electron chi connectivity index (χ3n) is 14.4. The molecule has 4 N–H and O–H groups in total. The maximum absolute atomic E-state index is 11.7. The molecule has 0 saturated carbocycles. The first-order valence-electron chi connectivity index (χ1n) is 47.7. The molecule has 0 fully saturated rings. The van der Waals surface area contributed by atoms with Crippen LogP contribution < -0.4 is 21.3 Å². The highest BCUT2D eigenvalue weighted by Gasteiger charge is 2.27. The van der Waals surface area contributed by atoms with Crippen LogP contribution in [0.5, 0.6) is 0 Å². The number of esters is 6. The third-order valence-corrected chi connectivity index (χ3v) is 14.4. The Bertz CT molecular complexity index is 3550. The van der Waals surface area contributed by atoms with Gasteiger partial charge in [-0.1, -0.05) is 56.7 Å². The minimum atomic E-state index is -0.965. The van der Waals surface area contributed by atoms with Gasteiger partial charge in [-0.25, -0.2) is 24.0 Å². The van der Waals surface area contributed by atoms with Crippen LogP contribution in [0.25, 0.3) is 0 Å². The highest BCUT2D eigenvalue weighted by molar-refractivity contribution is 5.84. The molecule has 38 heteroatoms. The van der Waals surface area contributed by atoms with Gasteiger partial charge in [-0.15, -0.1) is 0 Å². The van der Waals surface area contributed by atoms with Crippen LogP contribution in [0.3, 0.4) is 0 Å². The molecule has 0 aliphatic rings. The summed E-state index contributed by atoms with van der Waals surface area (Å²) < 4.78 is 89.6. The minimum absolute atomic E-state index is 0. The summed E-state index contributed by atoms with van der Waals surface area (Å²) in [7, 11) is 10.8. The number of nitrogens with one attached hydrogen (secondary N) is 4. The second-order valence-corrected chi connectivity index (χ2v) is 43.1. The number of hydrogen-bond donors (Lipinski definition) is 4. The van der Waals surface area contributed by atoms with Crippen LogP contribution in [0.2, 0.25) is 0 Å². The van der Waals surface area contributed by atoms with Gasteiger partial charge in [0.1, 0.15) is 38.1 Å². The van der Waals surface area contributed by atoms with Gasteiger partial charge in [0.15, 0.2) is 37.6 Å². The maximum atomic E-state index is 11.7. The van der Waals surface area contributed by atoms with Crippen molar-refractivity contribution in [3.05, 3.63) is 24.7 Å². The fraction of sp³-hybridized carbons (Fsp3) is 0.815. The van der Waals surface area contributed by atoms with Gasteiger partial charge in [-0.3, -0.25) is 53.9 Å². The van der Waals surface area contributed by atoms with E-state index in [1.807, 2.05) is 186 Å². The second kappa shape index (κ2) is 89.2. The van der Waals surface area contributed by atoms with Gasteiger partial charge in [0.05, 0.1) is 108 Å². The van der Waals surface area contributed by atoms with Gasteiger partial charge in [-0.05, 0) is 298 Å². The fourth-order valence-electron chi connectivity index (χ4n) is 7.53. The SMILES string of the molecule is C.C.C.C.C=C(C)OC(C)C(=O)NC(C)(C)C.C=C(C)OCC(=O)NC(C)(C)C.CC(C=NC(C)(C)C)OC(=O)C(C)OC(=O)C(C)C.COC(C)C(=O)NC(C)(C)C.COC(C)C(=O)OCC(=O)OCC=NC(C)(C)C.COC(C)COC(C)C=NC(C)(C)C.COC(C)COC(C)C=NC(C)(C)C.COCC(=O)NC(C)(C)C.COCC(=O)OC(C)C(=O)OC(C)C=NC(C)(C)C.COCCOCC=NC(C)(C)C. The molecule has 0 aliphatic carbocycles. The van der Waals surface area contributed by atoms with E-state index in [1.54, 1.807) is 95.4 Å². The molecule has 0 aromatic carbocycles. The molecule has 0 rings (SSSR count). The van der Waals surface area contributed by atoms with Crippen LogP contribution >= 0.6 is 0 Å². The highest BCUT2D eigenvalue weighted by atomic mass is 16.6. The summed E-state index contributed by atoms with van der Waals surface area (Å²) in [5.74, 6) is -2.96. The highest BCUT2D eigenvalue weighted by Crippen LogP contribution is 2.14. The van der Waals surface area contributed by atoms with Crippen molar-refractivity contribution >= 4 is 96.7 Å². The first-order valence-corrected chi connectivity index (χ1v) is 47.7. The molecule has 0 aliphatic heterocycles. The average molecular weight is 2100 g/mol. The van der Waals surface area contributed by atoms with Crippen LogP contribution in [0, 0.1) is 5.92 Å². The zero-order valence-electron chi connectivity index (χ0n) is 98.0. The van der Waals surface area contributed by atoms with E-state index in [9.17, 15) is 47.9 Å². The quantitative estimate of drug-likeness (QED) is 0.0145. The predicted octanol–water partition coefficient (Wildman–Crippen LogP) is 18.1. The second-order valence-electron chi connectivity index (χ2n) is 43.1. The van der Waals surface area contributed by atoms with E-state index in [1.165, 1.54) is 55.4 Å². The molecule has 11 atom stereocenters. The minimum Gasteiger partial charge on any atom is -0.489 e. The van der Waals surface area contributed by atoms with Crippen LogP contribution in [-0.2, 0) is 133 Å². The molecule has 0 spiro atoms. The Morgan fingerprint density at radius 2 is 0.616 bits per heavy atom. The van der Waals surface area contributed by atoms with Crippen molar-refractivity contribution in [1.29, 1.82) is 0 Å². The molecule has 38 nitrogen and oxygen atoms in total. The Hall–Kier alpha value is -8.60. The van der Waals surface area contributed by atoms with Gasteiger partial charge in [-0.2, -0.15) is 0 Å². The number of amides is 4. The Kier molecular flexibility index (Phi) is 103. The van der Waals surface area contributed by atoms with E-state index < -0.39 is 79.0 Å². The predicted molar refractivity (Wildman–Crippen MR) is 596 cm³/mol. The average Bonchev–Trinajstić information content (AvgIpc) is 0.915. The number of aliphatic imine (C=N–C) groups is 6. The van der Waals surface area contributed by atoms with E-state index in [-0.39, 0.29) is 172 Å². The van der Waals surface area contributed by atoms with Gasteiger partial charge in [0, 0.05) is 109 Å². The Morgan fingerprint density at radius 3 is 0.911 bits per heavy atom. The lowest BCUT2D eigenvalue weighted by Crippen LogP contribution is -2.45. The van der Waals surface area contributed by atoms with Gasteiger partial charge < -0.3 is 107 Å². The lowest BCUT2D eigenvalue weighted by molar-refractivity contribution is -0.169. The number of ether oxygens (including phenoxy) is 18. The van der Waals surface area contributed by atoms with Crippen molar-refractivity contribution < 1.29 is 133 Å². The fourth-order valence-corrected chi connectivity index (χ4v) is 7.53. The van der Waals surface area contributed by atoms with Crippen molar-refractivity contribution in [2.24, 2.45) is 35.9 Å². The monoisotopic (exact) mass is 2100 g/mol. The third kappa shape index (κ3) is 144. The first-order chi connectivity index (χ1) is 64.0. The smallest absolute Gasteiger partial charge is 0.347 e. The number of carbonyl (C=O) groups is 10. The molecule has 4 amide bonds. The topological polar surface area (TPSA) is 459 Å². The van der Waals surface area contributed by atoms with Crippen LogP contribution in [0.15, 0.2) is 54.6 Å². The lowest BCUT2D eigenvalue weighted by Gasteiger charge is -2.23. The number of nitrogens with zero attached hydrogens (tertiary/aromatic N) is 6. The molecule has 0 aromatic rings. The Morgan fingerprint density at radius 1 is 0.295 bits per heavy atom. The summed E-state index contributed by atoms with van der Waals surface area (Å²) in [6.45, 7) is 95.0. The summed E-state index contributed by atoms with van der Waals surface area (Å²) in [5.41, 5.74) is -1.43. The van der Waals surface area contributed by atoms with Crippen molar-refractivity contribution in [3.8, 4) is 0 Å². The molecule has 0 aromatic heterocycles. The van der Waals surface area contributed by atoms with Crippen LogP contribution in [0.1, 0.15) is 341 Å². The Balaban J connectivity index is -0.000000111. The molecule has 11 unspecified atom stereocenters. The number of carbonyl (C=O) groups excluding carboxylic acids is 10. The molecule has 0 saturated heterocycles. The van der Waals surface area contributed by atoms with E-state index in [4.69, 9.17) is 71.1 Å². The number of hydrogen-bond acceptors (Lipinski definition) is 34. The molecule has 146 heavy (non-hydrogen) atoms. The summed E-state index contributed by atoms with van der Waals surface area (Å²) in [4.78, 5) is 138.